The Hall–Kier alpha value is -1.13. The van der Waals surface area contributed by atoms with Crippen molar-refractivity contribution in [3.63, 3.8) is 0 Å². The van der Waals surface area contributed by atoms with E-state index in [9.17, 15) is 0 Å². The first-order valence-corrected chi connectivity index (χ1v) is 5.37. The van der Waals surface area contributed by atoms with Gasteiger partial charge in [0.2, 0.25) is 0 Å². The van der Waals surface area contributed by atoms with E-state index in [0.29, 0.717) is 5.13 Å². The van der Waals surface area contributed by atoms with Crippen LogP contribution in [0.3, 0.4) is 0 Å². The lowest BCUT2D eigenvalue weighted by Gasteiger charge is -2.03. The molecule has 0 saturated heterocycles. The second-order valence-corrected chi connectivity index (χ2v) is 4.60. The number of aromatic nitrogens is 1. The van der Waals surface area contributed by atoms with Crippen LogP contribution in [0.5, 0.6) is 0 Å². The molecule has 4 N–H and O–H groups in total. The molecule has 1 unspecified atom stereocenters. The molecule has 0 bridgehead atoms. The van der Waals surface area contributed by atoms with Crippen LogP contribution >= 0.6 is 11.3 Å². The van der Waals surface area contributed by atoms with E-state index in [2.05, 4.69) is 17.1 Å². The van der Waals surface area contributed by atoms with Gasteiger partial charge in [-0.3, -0.25) is 0 Å². The van der Waals surface area contributed by atoms with E-state index in [1.54, 1.807) is 0 Å². The maximum absolute atomic E-state index is 5.74. The molecule has 0 amide bonds. The molecule has 0 aliphatic heterocycles. The minimum absolute atomic E-state index is 0.192. The monoisotopic (exact) mass is 207 g/mol. The second-order valence-electron chi connectivity index (χ2n) is 3.54. The van der Waals surface area contributed by atoms with Crippen molar-refractivity contribution in [1.82, 2.24) is 4.98 Å². The summed E-state index contributed by atoms with van der Waals surface area (Å²) >= 11 is 1.52. The van der Waals surface area contributed by atoms with Crippen LogP contribution in [0.1, 0.15) is 12.5 Å². The van der Waals surface area contributed by atoms with E-state index in [-0.39, 0.29) is 6.04 Å². The molecule has 4 heteroatoms. The van der Waals surface area contributed by atoms with Crippen molar-refractivity contribution in [3.8, 4) is 0 Å². The van der Waals surface area contributed by atoms with Gasteiger partial charge in [-0.15, -0.1) is 0 Å². The fourth-order valence-electron chi connectivity index (χ4n) is 1.49. The van der Waals surface area contributed by atoms with Crippen LogP contribution in [-0.4, -0.2) is 11.0 Å². The van der Waals surface area contributed by atoms with Crippen LogP contribution in [0, 0.1) is 0 Å². The summed E-state index contributed by atoms with van der Waals surface area (Å²) in [5.41, 5.74) is 13.6. The number of hydrogen-bond donors (Lipinski definition) is 2. The number of fused-ring (bicyclic) bond motifs is 1. The standard InChI is InChI=1S/C10H13N3S/c1-6(11)4-7-2-3-8-9(5-7)14-10(12)13-8/h2-3,5-6H,4,11H2,1H3,(H2,12,13). The van der Waals surface area contributed by atoms with E-state index in [1.165, 1.54) is 16.9 Å². The first-order valence-electron chi connectivity index (χ1n) is 4.55. The molecule has 0 spiro atoms. The average Bonchev–Trinajstić information content (AvgIpc) is 2.42. The topological polar surface area (TPSA) is 64.9 Å². The minimum Gasteiger partial charge on any atom is -0.375 e. The van der Waals surface area contributed by atoms with Crippen molar-refractivity contribution in [3.05, 3.63) is 23.8 Å². The summed E-state index contributed by atoms with van der Waals surface area (Å²) in [6.45, 7) is 2.01. The predicted molar refractivity (Wildman–Crippen MR) is 61.4 cm³/mol. The summed E-state index contributed by atoms with van der Waals surface area (Å²) in [6, 6.07) is 6.37. The van der Waals surface area contributed by atoms with E-state index in [1.807, 2.05) is 13.0 Å². The highest BCUT2D eigenvalue weighted by Crippen LogP contribution is 2.24. The molecule has 0 radical (unpaired) electrons. The predicted octanol–water partition coefficient (Wildman–Crippen LogP) is 1.77. The number of nitrogens with zero attached hydrogens (tertiary/aromatic N) is 1. The number of nitrogens with two attached hydrogens (primary N) is 2. The molecule has 2 rings (SSSR count). The quantitative estimate of drug-likeness (QED) is 0.788. The lowest BCUT2D eigenvalue weighted by molar-refractivity contribution is 0.739. The Morgan fingerprint density at radius 3 is 3.00 bits per heavy atom. The Morgan fingerprint density at radius 1 is 1.50 bits per heavy atom. The van der Waals surface area contributed by atoms with Crippen LogP contribution < -0.4 is 11.5 Å². The number of thiazole rings is 1. The SMILES string of the molecule is CC(N)Cc1ccc2nc(N)sc2c1. The molecule has 14 heavy (non-hydrogen) atoms. The molecule has 0 fully saturated rings. The Kier molecular flexibility index (Phi) is 2.39. The summed E-state index contributed by atoms with van der Waals surface area (Å²) < 4.78 is 1.14. The number of anilines is 1. The van der Waals surface area contributed by atoms with Crippen molar-refractivity contribution < 1.29 is 0 Å². The van der Waals surface area contributed by atoms with Gasteiger partial charge in [0.25, 0.3) is 0 Å². The molecule has 1 heterocycles. The van der Waals surface area contributed by atoms with E-state index in [4.69, 9.17) is 11.5 Å². The Balaban J connectivity index is 2.40. The average molecular weight is 207 g/mol. The fourth-order valence-corrected chi connectivity index (χ4v) is 2.28. The third kappa shape index (κ3) is 1.86. The first-order chi connectivity index (χ1) is 6.65. The lowest BCUT2D eigenvalue weighted by atomic mass is 10.1. The normalized spacial score (nSPS) is 13.3. The minimum atomic E-state index is 0.192. The highest BCUT2D eigenvalue weighted by Gasteiger charge is 2.03. The van der Waals surface area contributed by atoms with Gasteiger partial charge in [-0.1, -0.05) is 17.4 Å². The van der Waals surface area contributed by atoms with Crippen molar-refractivity contribution in [1.29, 1.82) is 0 Å². The zero-order valence-electron chi connectivity index (χ0n) is 8.03. The molecule has 0 saturated carbocycles. The molecule has 1 aromatic heterocycles. The largest absolute Gasteiger partial charge is 0.375 e. The summed E-state index contributed by atoms with van der Waals surface area (Å²) in [5.74, 6) is 0. The molecular formula is C10H13N3S. The Labute approximate surface area is 86.7 Å². The molecular weight excluding hydrogens is 194 g/mol. The van der Waals surface area contributed by atoms with Gasteiger partial charge < -0.3 is 11.5 Å². The molecule has 74 valence electrons. The zero-order chi connectivity index (χ0) is 10.1. The zero-order valence-corrected chi connectivity index (χ0v) is 8.84. The van der Waals surface area contributed by atoms with Gasteiger partial charge in [0.1, 0.15) is 0 Å². The summed E-state index contributed by atoms with van der Waals surface area (Å²) in [7, 11) is 0. The van der Waals surface area contributed by atoms with Gasteiger partial charge in [-0.2, -0.15) is 0 Å². The molecule has 0 aliphatic carbocycles. The summed E-state index contributed by atoms with van der Waals surface area (Å²) in [6.07, 6.45) is 0.897. The second kappa shape index (κ2) is 3.55. The highest BCUT2D eigenvalue weighted by molar-refractivity contribution is 7.22. The van der Waals surface area contributed by atoms with Crippen molar-refractivity contribution in [2.24, 2.45) is 5.73 Å². The van der Waals surface area contributed by atoms with Crippen LogP contribution in [0.2, 0.25) is 0 Å². The van der Waals surface area contributed by atoms with E-state index >= 15 is 0 Å². The van der Waals surface area contributed by atoms with E-state index < -0.39 is 0 Å². The Bertz CT molecular complexity index is 448. The van der Waals surface area contributed by atoms with Crippen molar-refractivity contribution in [2.75, 3.05) is 5.73 Å². The van der Waals surface area contributed by atoms with Crippen LogP contribution in [0.4, 0.5) is 5.13 Å². The van der Waals surface area contributed by atoms with Crippen LogP contribution in [-0.2, 0) is 6.42 Å². The molecule has 1 atom stereocenters. The van der Waals surface area contributed by atoms with Gasteiger partial charge in [-0.05, 0) is 31.0 Å². The maximum Gasteiger partial charge on any atom is 0.181 e. The van der Waals surface area contributed by atoms with Crippen molar-refractivity contribution >= 4 is 26.7 Å². The third-order valence-corrected chi connectivity index (χ3v) is 2.87. The van der Waals surface area contributed by atoms with Gasteiger partial charge in [0, 0.05) is 6.04 Å². The van der Waals surface area contributed by atoms with Gasteiger partial charge >= 0.3 is 0 Å². The number of hydrogen-bond acceptors (Lipinski definition) is 4. The Morgan fingerprint density at radius 2 is 2.29 bits per heavy atom. The van der Waals surface area contributed by atoms with Crippen LogP contribution in [0.25, 0.3) is 10.2 Å². The number of rotatable bonds is 2. The van der Waals surface area contributed by atoms with Gasteiger partial charge in [-0.25, -0.2) is 4.98 Å². The number of nitrogen functional groups attached to an aromatic ring is 1. The number of benzene rings is 1. The van der Waals surface area contributed by atoms with Gasteiger partial charge in [0.05, 0.1) is 10.2 Å². The molecule has 2 aromatic rings. The van der Waals surface area contributed by atoms with Crippen LogP contribution in [0.15, 0.2) is 18.2 Å². The molecule has 1 aromatic carbocycles. The summed E-state index contributed by atoms with van der Waals surface area (Å²) in [5, 5.41) is 0.623. The maximum atomic E-state index is 5.74. The van der Waals surface area contributed by atoms with Crippen molar-refractivity contribution in [2.45, 2.75) is 19.4 Å². The van der Waals surface area contributed by atoms with Gasteiger partial charge in [0.15, 0.2) is 5.13 Å². The molecule has 3 nitrogen and oxygen atoms in total. The fraction of sp³-hybridized carbons (Fsp3) is 0.300. The highest BCUT2D eigenvalue weighted by atomic mass is 32.1. The smallest absolute Gasteiger partial charge is 0.181 e. The molecule has 0 aliphatic rings. The summed E-state index contributed by atoms with van der Waals surface area (Å²) in [4.78, 5) is 4.20. The first kappa shape index (κ1) is 9.43. The van der Waals surface area contributed by atoms with E-state index in [0.717, 1.165) is 16.6 Å². The lowest BCUT2D eigenvalue weighted by Crippen LogP contribution is -2.17. The third-order valence-electron chi connectivity index (χ3n) is 2.03.